The van der Waals surface area contributed by atoms with Crippen LogP contribution in [0.15, 0.2) is 53.5 Å². The standard InChI is InChI=1S/C14H12N2S/c1-16-8-7-15-14(16)13-10-17-9-12(13)11-5-3-2-4-6-11/h2-10H,1H3. The van der Waals surface area contributed by atoms with Gasteiger partial charge in [0.2, 0.25) is 0 Å². The van der Waals surface area contributed by atoms with Gasteiger partial charge in [0.25, 0.3) is 0 Å². The first-order valence-electron chi connectivity index (χ1n) is 5.45. The predicted octanol–water partition coefficient (Wildman–Crippen LogP) is 3.82. The van der Waals surface area contributed by atoms with Crippen molar-refractivity contribution < 1.29 is 0 Å². The molecular weight excluding hydrogens is 228 g/mol. The molecule has 0 fully saturated rings. The molecule has 0 spiro atoms. The summed E-state index contributed by atoms with van der Waals surface area (Å²) in [5, 5.41) is 4.34. The van der Waals surface area contributed by atoms with Crippen LogP contribution in [0, 0.1) is 0 Å². The molecule has 2 aromatic heterocycles. The van der Waals surface area contributed by atoms with Gasteiger partial charge < -0.3 is 4.57 Å². The van der Waals surface area contributed by atoms with Crippen LogP contribution < -0.4 is 0 Å². The summed E-state index contributed by atoms with van der Waals surface area (Å²) in [6.45, 7) is 0. The molecule has 0 aliphatic rings. The number of nitrogens with zero attached hydrogens (tertiary/aromatic N) is 2. The Bertz CT molecular complexity index is 622. The van der Waals surface area contributed by atoms with Crippen LogP contribution in [-0.2, 0) is 7.05 Å². The molecule has 2 heterocycles. The van der Waals surface area contributed by atoms with E-state index in [0.29, 0.717) is 0 Å². The molecule has 0 saturated heterocycles. The third-order valence-electron chi connectivity index (χ3n) is 2.81. The number of hydrogen-bond acceptors (Lipinski definition) is 2. The van der Waals surface area contributed by atoms with Crippen molar-refractivity contribution in [2.24, 2.45) is 7.05 Å². The van der Waals surface area contributed by atoms with Gasteiger partial charge in [0.1, 0.15) is 5.82 Å². The van der Waals surface area contributed by atoms with Crippen molar-refractivity contribution >= 4 is 11.3 Å². The van der Waals surface area contributed by atoms with Crippen molar-refractivity contribution in [3.63, 3.8) is 0 Å². The second-order valence-electron chi connectivity index (χ2n) is 3.93. The normalized spacial score (nSPS) is 10.6. The van der Waals surface area contributed by atoms with E-state index >= 15 is 0 Å². The summed E-state index contributed by atoms with van der Waals surface area (Å²) in [6, 6.07) is 10.4. The molecule has 17 heavy (non-hydrogen) atoms. The van der Waals surface area contributed by atoms with E-state index in [0.717, 1.165) is 5.82 Å². The fraction of sp³-hybridized carbons (Fsp3) is 0.0714. The smallest absolute Gasteiger partial charge is 0.141 e. The molecule has 0 unspecified atom stereocenters. The van der Waals surface area contributed by atoms with Gasteiger partial charge in [-0.05, 0) is 10.9 Å². The summed E-state index contributed by atoms with van der Waals surface area (Å²) in [5.74, 6) is 1.02. The number of imidazole rings is 1. The largest absolute Gasteiger partial charge is 0.334 e. The van der Waals surface area contributed by atoms with E-state index in [1.54, 1.807) is 11.3 Å². The van der Waals surface area contributed by atoms with Gasteiger partial charge in [0.05, 0.1) is 0 Å². The van der Waals surface area contributed by atoms with E-state index in [1.807, 2.05) is 25.5 Å². The first kappa shape index (κ1) is 10.3. The van der Waals surface area contributed by atoms with Gasteiger partial charge >= 0.3 is 0 Å². The molecule has 2 nitrogen and oxygen atoms in total. The summed E-state index contributed by atoms with van der Waals surface area (Å²) >= 11 is 1.71. The Morgan fingerprint density at radius 1 is 1.06 bits per heavy atom. The summed E-state index contributed by atoms with van der Waals surface area (Å²) < 4.78 is 2.05. The van der Waals surface area contributed by atoms with Crippen LogP contribution in [-0.4, -0.2) is 9.55 Å². The van der Waals surface area contributed by atoms with Crippen LogP contribution in [0.2, 0.25) is 0 Å². The average molecular weight is 240 g/mol. The molecule has 84 valence electrons. The van der Waals surface area contributed by atoms with Crippen LogP contribution in [0.5, 0.6) is 0 Å². The Morgan fingerprint density at radius 3 is 2.53 bits per heavy atom. The molecule has 3 rings (SSSR count). The highest BCUT2D eigenvalue weighted by Crippen LogP contribution is 2.33. The molecule has 3 aromatic rings. The Balaban J connectivity index is 2.16. The molecular formula is C14H12N2S. The topological polar surface area (TPSA) is 17.8 Å². The zero-order valence-electron chi connectivity index (χ0n) is 9.50. The summed E-state index contributed by atoms with van der Waals surface area (Å²) in [5.41, 5.74) is 3.70. The minimum absolute atomic E-state index is 1.02. The van der Waals surface area contributed by atoms with Crippen LogP contribution in [0.25, 0.3) is 22.5 Å². The first-order valence-corrected chi connectivity index (χ1v) is 6.40. The van der Waals surface area contributed by atoms with Crippen LogP contribution in [0.4, 0.5) is 0 Å². The van der Waals surface area contributed by atoms with E-state index in [2.05, 4.69) is 44.6 Å². The summed E-state index contributed by atoms with van der Waals surface area (Å²) in [6.07, 6.45) is 3.81. The number of aryl methyl sites for hydroxylation is 1. The summed E-state index contributed by atoms with van der Waals surface area (Å²) in [4.78, 5) is 4.41. The maximum atomic E-state index is 4.41. The maximum absolute atomic E-state index is 4.41. The highest BCUT2D eigenvalue weighted by molar-refractivity contribution is 7.08. The molecule has 3 heteroatoms. The fourth-order valence-corrected chi connectivity index (χ4v) is 2.77. The quantitative estimate of drug-likeness (QED) is 0.666. The number of benzene rings is 1. The Labute approximate surface area is 104 Å². The van der Waals surface area contributed by atoms with E-state index in [-0.39, 0.29) is 0 Å². The minimum atomic E-state index is 1.02. The molecule has 0 saturated carbocycles. The van der Waals surface area contributed by atoms with Gasteiger partial charge in [0.15, 0.2) is 0 Å². The second-order valence-corrected chi connectivity index (χ2v) is 4.67. The first-order chi connectivity index (χ1) is 8.36. The molecule has 0 atom stereocenters. The molecule has 0 aliphatic carbocycles. The Kier molecular flexibility index (Phi) is 2.53. The predicted molar refractivity (Wildman–Crippen MR) is 72.0 cm³/mol. The zero-order valence-corrected chi connectivity index (χ0v) is 10.3. The molecule has 0 radical (unpaired) electrons. The lowest BCUT2D eigenvalue weighted by molar-refractivity contribution is 0.926. The number of thiophene rings is 1. The number of aromatic nitrogens is 2. The van der Waals surface area contributed by atoms with E-state index < -0.39 is 0 Å². The number of rotatable bonds is 2. The lowest BCUT2D eigenvalue weighted by atomic mass is 10.0. The van der Waals surface area contributed by atoms with E-state index in [4.69, 9.17) is 0 Å². The molecule has 0 bridgehead atoms. The fourth-order valence-electron chi connectivity index (χ4n) is 1.94. The highest BCUT2D eigenvalue weighted by Gasteiger charge is 2.11. The van der Waals surface area contributed by atoms with Gasteiger partial charge in [-0.1, -0.05) is 30.3 Å². The lowest BCUT2D eigenvalue weighted by Crippen LogP contribution is -1.91. The minimum Gasteiger partial charge on any atom is -0.334 e. The molecule has 0 aliphatic heterocycles. The van der Waals surface area contributed by atoms with Gasteiger partial charge in [-0.25, -0.2) is 4.98 Å². The van der Waals surface area contributed by atoms with E-state index in [9.17, 15) is 0 Å². The lowest BCUT2D eigenvalue weighted by Gasteiger charge is -2.04. The average Bonchev–Trinajstić information content (AvgIpc) is 2.98. The Hall–Kier alpha value is -1.87. The summed E-state index contributed by atoms with van der Waals surface area (Å²) in [7, 11) is 2.02. The van der Waals surface area contributed by atoms with Crippen LogP contribution in [0.1, 0.15) is 0 Å². The van der Waals surface area contributed by atoms with Crippen LogP contribution in [0.3, 0.4) is 0 Å². The van der Waals surface area contributed by atoms with E-state index in [1.165, 1.54) is 16.7 Å². The van der Waals surface area contributed by atoms with Gasteiger partial charge in [-0.15, -0.1) is 0 Å². The van der Waals surface area contributed by atoms with Crippen molar-refractivity contribution in [2.45, 2.75) is 0 Å². The highest BCUT2D eigenvalue weighted by atomic mass is 32.1. The van der Waals surface area contributed by atoms with Crippen molar-refractivity contribution in [1.29, 1.82) is 0 Å². The SMILES string of the molecule is Cn1ccnc1-c1cscc1-c1ccccc1. The third kappa shape index (κ3) is 1.78. The zero-order chi connectivity index (χ0) is 11.7. The second kappa shape index (κ2) is 4.18. The van der Waals surface area contributed by atoms with Gasteiger partial charge in [-0.3, -0.25) is 0 Å². The monoisotopic (exact) mass is 240 g/mol. The molecule has 1 aromatic carbocycles. The number of hydrogen-bond donors (Lipinski definition) is 0. The molecule has 0 N–H and O–H groups in total. The van der Waals surface area contributed by atoms with Gasteiger partial charge in [0, 0.05) is 35.9 Å². The van der Waals surface area contributed by atoms with Crippen molar-refractivity contribution in [3.05, 3.63) is 53.5 Å². The van der Waals surface area contributed by atoms with Gasteiger partial charge in [-0.2, -0.15) is 11.3 Å². The molecule has 0 amide bonds. The Morgan fingerprint density at radius 2 is 1.82 bits per heavy atom. The third-order valence-corrected chi connectivity index (χ3v) is 3.55. The maximum Gasteiger partial charge on any atom is 0.141 e. The van der Waals surface area contributed by atoms with Crippen LogP contribution >= 0.6 is 11.3 Å². The van der Waals surface area contributed by atoms with Crippen molar-refractivity contribution in [3.8, 4) is 22.5 Å². The van der Waals surface area contributed by atoms with Crippen molar-refractivity contribution in [2.75, 3.05) is 0 Å². The van der Waals surface area contributed by atoms with Crippen molar-refractivity contribution in [1.82, 2.24) is 9.55 Å².